The lowest BCUT2D eigenvalue weighted by Gasteiger charge is -2.60. The van der Waals surface area contributed by atoms with Crippen LogP contribution in [0.25, 0.3) is 0 Å². The van der Waals surface area contributed by atoms with E-state index in [9.17, 15) is 0 Å². The molecule has 5 fully saturated rings. The molecule has 5 aliphatic heterocycles. The molecular formula is C20H32N2O5. The summed E-state index contributed by atoms with van der Waals surface area (Å²) < 4.78 is 19.0. The Morgan fingerprint density at radius 2 is 1.96 bits per heavy atom. The van der Waals surface area contributed by atoms with Gasteiger partial charge in [-0.3, -0.25) is 0 Å². The molecule has 27 heavy (non-hydrogen) atoms. The molecule has 6 rings (SSSR count). The first-order chi connectivity index (χ1) is 12.9. The van der Waals surface area contributed by atoms with E-state index >= 15 is 0 Å². The van der Waals surface area contributed by atoms with E-state index in [1.165, 1.54) is 6.42 Å². The molecule has 6 aliphatic rings. The number of nitrogens with zero attached hydrogens (tertiary/aromatic N) is 2. The molecule has 1 aliphatic carbocycles. The summed E-state index contributed by atoms with van der Waals surface area (Å²) in [6.07, 6.45) is 7.55. The van der Waals surface area contributed by atoms with Crippen molar-refractivity contribution in [3.63, 3.8) is 0 Å². The van der Waals surface area contributed by atoms with Crippen LogP contribution in [0, 0.1) is 23.7 Å². The number of hydrogen-bond acceptors (Lipinski definition) is 7. The smallest absolute Gasteiger partial charge is 0.201 e. The molecule has 7 nitrogen and oxygen atoms in total. The van der Waals surface area contributed by atoms with Crippen LogP contribution in [0.1, 0.15) is 46.5 Å². The zero-order chi connectivity index (χ0) is 18.8. The fourth-order valence-corrected chi connectivity index (χ4v) is 5.90. The van der Waals surface area contributed by atoms with Gasteiger partial charge in [0.15, 0.2) is 18.2 Å². The summed E-state index contributed by atoms with van der Waals surface area (Å²) in [7, 11) is 2.05. The quantitative estimate of drug-likeness (QED) is 0.698. The van der Waals surface area contributed by atoms with E-state index in [2.05, 4.69) is 43.1 Å². The zero-order valence-corrected chi connectivity index (χ0v) is 16.8. The molecule has 0 aromatic carbocycles. The summed E-state index contributed by atoms with van der Waals surface area (Å²) in [5, 5.41) is 0. The van der Waals surface area contributed by atoms with Gasteiger partial charge in [0, 0.05) is 37.7 Å². The van der Waals surface area contributed by atoms with Gasteiger partial charge in [-0.25, -0.2) is 9.78 Å². The van der Waals surface area contributed by atoms with Crippen molar-refractivity contribution in [1.29, 1.82) is 0 Å². The monoisotopic (exact) mass is 380 g/mol. The van der Waals surface area contributed by atoms with Gasteiger partial charge in [-0.2, -0.15) is 0 Å². The van der Waals surface area contributed by atoms with Crippen LogP contribution in [0.15, 0.2) is 12.4 Å². The summed E-state index contributed by atoms with van der Waals surface area (Å²) in [6.45, 7) is 7.86. The zero-order valence-electron chi connectivity index (χ0n) is 16.8. The van der Waals surface area contributed by atoms with Crippen molar-refractivity contribution >= 4 is 0 Å². The molecule has 4 saturated heterocycles. The Labute approximate surface area is 161 Å². The van der Waals surface area contributed by atoms with E-state index < -0.39 is 17.7 Å². The standard InChI is InChI=1S/C20H32N2O5/c1-13-5-6-16-14(2)17(23-12-22-10-9-21(4)11-22)24-18-20(16)15(13)7-8-19(3,25-18)26-27-20/h9-10,13-18H,5-8,11-12H2,1-4H3/t13-,14-,15?,16?,17+,18-,19?,20-/m1/s1. The van der Waals surface area contributed by atoms with E-state index in [1.54, 1.807) is 0 Å². The second kappa shape index (κ2) is 6.32. The Bertz CT molecular complexity index is 617. The van der Waals surface area contributed by atoms with Crippen LogP contribution in [-0.4, -0.2) is 54.2 Å². The van der Waals surface area contributed by atoms with Gasteiger partial charge in [0.25, 0.3) is 0 Å². The highest BCUT2D eigenvalue weighted by atomic mass is 17.3. The third kappa shape index (κ3) is 2.74. The normalized spacial score (nSPS) is 51.4. The average molecular weight is 380 g/mol. The third-order valence-electron chi connectivity index (χ3n) is 7.44. The van der Waals surface area contributed by atoms with Crippen LogP contribution in [0.5, 0.6) is 0 Å². The summed E-state index contributed by atoms with van der Waals surface area (Å²) in [5.41, 5.74) is -0.513. The Kier molecular flexibility index (Phi) is 4.26. The van der Waals surface area contributed by atoms with Crippen molar-refractivity contribution < 1.29 is 24.0 Å². The topological polar surface area (TPSA) is 52.6 Å². The predicted octanol–water partition coefficient (Wildman–Crippen LogP) is 2.84. The van der Waals surface area contributed by atoms with Gasteiger partial charge in [-0.1, -0.05) is 13.8 Å². The van der Waals surface area contributed by atoms with Gasteiger partial charge in [-0.05, 0) is 38.0 Å². The van der Waals surface area contributed by atoms with E-state index in [-0.39, 0.29) is 12.2 Å². The lowest BCUT2D eigenvalue weighted by Crippen LogP contribution is -2.70. The minimum atomic E-state index is -0.733. The molecule has 3 unspecified atom stereocenters. The molecule has 2 bridgehead atoms. The Morgan fingerprint density at radius 3 is 2.74 bits per heavy atom. The fraction of sp³-hybridized carbons (Fsp3) is 0.900. The van der Waals surface area contributed by atoms with Crippen LogP contribution >= 0.6 is 0 Å². The highest BCUT2D eigenvalue weighted by Crippen LogP contribution is 2.60. The van der Waals surface area contributed by atoms with Gasteiger partial charge >= 0.3 is 0 Å². The molecule has 8 atom stereocenters. The van der Waals surface area contributed by atoms with Gasteiger partial charge in [0.2, 0.25) is 5.79 Å². The molecule has 0 amide bonds. The molecule has 0 N–H and O–H groups in total. The molecule has 0 aromatic heterocycles. The Hall–Kier alpha value is -0.860. The first-order valence-corrected chi connectivity index (χ1v) is 10.4. The molecule has 5 heterocycles. The average Bonchev–Trinajstić information content (AvgIpc) is 2.92. The van der Waals surface area contributed by atoms with E-state index in [0.29, 0.717) is 24.5 Å². The second-order valence-corrected chi connectivity index (χ2v) is 9.35. The van der Waals surface area contributed by atoms with Gasteiger partial charge in [0.1, 0.15) is 6.73 Å². The molecule has 0 aromatic rings. The van der Waals surface area contributed by atoms with Crippen molar-refractivity contribution in [2.75, 3.05) is 20.4 Å². The molecule has 0 radical (unpaired) electrons. The van der Waals surface area contributed by atoms with Gasteiger partial charge in [-0.15, -0.1) is 0 Å². The van der Waals surface area contributed by atoms with Crippen LogP contribution in [0.3, 0.4) is 0 Å². The first kappa shape index (κ1) is 18.2. The summed E-state index contributed by atoms with van der Waals surface area (Å²) in [5.74, 6) is 0.763. The molecule has 1 spiro atoms. The number of rotatable bonds is 3. The summed E-state index contributed by atoms with van der Waals surface area (Å²) in [4.78, 5) is 16.3. The number of ether oxygens (including phenoxy) is 3. The molecule has 152 valence electrons. The van der Waals surface area contributed by atoms with Crippen molar-refractivity contribution in [2.45, 2.75) is 70.4 Å². The van der Waals surface area contributed by atoms with Crippen LogP contribution in [0.4, 0.5) is 0 Å². The SMILES string of the molecule is C[C@@H]1CCC2[C@@H](C)[C@@H](OCN3C=CN(C)C3)O[C@@H]3OC4(C)CCC1[C@@]23OO4. The van der Waals surface area contributed by atoms with Gasteiger partial charge < -0.3 is 24.0 Å². The fourth-order valence-electron chi connectivity index (χ4n) is 5.90. The van der Waals surface area contributed by atoms with Gasteiger partial charge in [0.05, 0.1) is 6.67 Å². The van der Waals surface area contributed by atoms with Crippen molar-refractivity contribution in [3.05, 3.63) is 12.4 Å². The van der Waals surface area contributed by atoms with Crippen molar-refractivity contribution in [2.24, 2.45) is 23.7 Å². The Morgan fingerprint density at radius 1 is 1.11 bits per heavy atom. The first-order valence-electron chi connectivity index (χ1n) is 10.4. The second-order valence-electron chi connectivity index (χ2n) is 9.35. The maximum Gasteiger partial charge on any atom is 0.201 e. The maximum atomic E-state index is 6.43. The molecule has 7 heteroatoms. The van der Waals surface area contributed by atoms with E-state index in [4.69, 9.17) is 24.0 Å². The minimum absolute atomic E-state index is 0.218. The third-order valence-corrected chi connectivity index (χ3v) is 7.44. The summed E-state index contributed by atoms with van der Waals surface area (Å²) >= 11 is 0. The lowest BCUT2D eigenvalue weighted by molar-refractivity contribution is -0.577. The van der Waals surface area contributed by atoms with Crippen LogP contribution in [0.2, 0.25) is 0 Å². The van der Waals surface area contributed by atoms with Crippen LogP contribution < -0.4 is 0 Å². The van der Waals surface area contributed by atoms with E-state index in [0.717, 1.165) is 25.9 Å². The number of hydrogen-bond donors (Lipinski definition) is 0. The maximum absolute atomic E-state index is 6.43. The molecular weight excluding hydrogens is 348 g/mol. The highest BCUT2D eigenvalue weighted by Gasteiger charge is 2.69. The minimum Gasteiger partial charge on any atom is -0.362 e. The Balaban J connectivity index is 1.39. The number of fused-ring (bicyclic) bond motifs is 2. The summed E-state index contributed by atoms with van der Waals surface area (Å²) in [6, 6.07) is 0. The predicted molar refractivity (Wildman–Crippen MR) is 96.4 cm³/mol. The lowest BCUT2D eigenvalue weighted by atomic mass is 9.58. The van der Waals surface area contributed by atoms with E-state index in [1.807, 2.05) is 6.92 Å². The molecule has 1 saturated carbocycles. The highest BCUT2D eigenvalue weighted by molar-refractivity contribution is 5.09. The van der Waals surface area contributed by atoms with Crippen molar-refractivity contribution in [3.8, 4) is 0 Å². The largest absolute Gasteiger partial charge is 0.362 e. The van der Waals surface area contributed by atoms with Crippen LogP contribution in [-0.2, 0) is 24.0 Å². The van der Waals surface area contributed by atoms with Crippen molar-refractivity contribution in [1.82, 2.24) is 9.80 Å².